The molecule has 3 aromatic rings. The molecule has 12 heteroatoms. The minimum absolute atomic E-state index is 0.0419. The summed E-state index contributed by atoms with van der Waals surface area (Å²) in [4.78, 5) is 12.4. The minimum atomic E-state index is -0.534. The fourth-order valence-corrected chi connectivity index (χ4v) is 4.03. The highest BCUT2D eigenvalue weighted by molar-refractivity contribution is 7.99. The fraction of sp³-hybridized carbons (Fsp3) is 0.150. The molecule has 0 aliphatic rings. The number of hydrogen-bond donors (Lipinski definition) is 1. The molecule has 0 saturated carbocycles. The average molecular weight is 536 g/mol. The summed E-state index contributed by atoms with van der Waals surface area (Å²) >= 11 is 24.9. The van der Waals surface area contributed by atoms with Crippen molar-refractivity contribution < 1.29 is 13.9 Å². The Morgan fingerprint density at radius 2 is 1.88 bits per heavy atom. The molecule has 1 heterocycles. The molecule has 1 aromatic heterocycles. The Bertz CT molecular complexity index is 1160. The second kappa shape index (κ2) is 11.2. The van der Waals surface area contributed by atoms with Gasteiger partial charge in [-0.15, -0.1) is 16.8 Å². The second-order valence-corrected chi connectivity index (χ2v) is 8.82. The van der Waals surface area contributed by atoms with Crippen LogP contribution in [-0.4, -0.2) is 26.4 Å². The first-order valence-electron chi connectivity index (χ1n) is 8.96. The van der Waals surface area contributed by atoms with E-state index in [1.165, 1.54) is 42.1 Å². The summed E-state index contributed by atoms with van der Waals surface area (Å²) in [6.07, 6.45) is 1.67. The summed E-state index contributed by atoms with van der Waals surface area (Å²) in [6, 6.07) is 6.98. The lowest BCUT2D eigenvalue weighted by atomic mass is 10.3. The van der Waals surface area contributed by atoms with Crippen molar-refractivity contribution in [1.82, 2.24) is 14.8 Å². The number of nitrogens with one attached hydrogen (secondary N) is 1. The highest BCUT2D eigenvalue weighted by Crippen LogP contribution is 2.32. The van der Waals surface area contributed by atoms with Crippen LogP contribution in [0.15, 0.2) is 48.1 Å². The van der Waals surface area contributed by atoms with Crippen molar-refractivity contribution in [3.8, 4) is 5.75 Å². The third kappa shape index (κ3) is 6.30. The summed E-state index contributed by atoms with van der Waals surface area (Å²) in [6.45, 7) is 4.20. The smallest absolute Gasteiger partial charge is 0.234 e. The Labute approximate surface area is 207 Å². The predicted octanol–water partition coefficient (Wildman–Crippen LogP) is 6.53. The number of ether oxygens (including phenoxy) is 1. The molecular weight excluding hydrogens is 521 g/mol. The summed E-state index contributed by atoms with van der Waals surface area (Å²) in [7, 11) is 0. The van der Waals surface area contributed by atoms with E-state index >= 15 is 0 Å². The molecule has 3 rings (SSSR count). The van der Waals surface area contributed by atoms with Crippen LogP contribution in [0.5, 0.6) is 5.75 Å². The summed E-state index contributed by atoms with van der Waals surface area (Å²) in [5, 5.41) is 12.2. The Kier molecular flexibility index (Phi) is 8.67. The number of rotatable bonds is 9. The molecule has 0 aliphatic carbocycles. The molecule has 0 unspecified atom stereocenters. The summed E-state index contributed by atoms with van der Waals surface area (Å²) < 4.78 is 20.7. The van der Waals surface area contributed by atoms with Gasteiger partial charge in [-0.3, -0.25) is 9.36 Å². The van der Waals surface area contributed by atoms with Gasteiger partial charge in [-0.25, -0.2) is 4.39 Å². The Balaban J connectivity index is 1.64. The highest BCUT2D eigenvalue weighted by atomic mass is 35.5. The largest absolute Gasteiger partial charge is 0.486 e. The number of hydrogen-bond acceptors (Lipinski definition) is 5. The van der Waals surface area contributed by atoms with E-state index in [0.29, 0.717) is 34.0 Å². The maximum Gasteiger partial charge on any atom is 0.234 e. The number of amides is 1. The zero-order valence-electron chi connectivity index (χ0n) is 16.2. The maximum absolute atomic E-state index is 13.3. The van der Waals surface area contributed by atoms with E-state index in [1.807, 2.05) is 0 Å². The maximum atomic E-state index is 13.3. The molecule has 1 amide bonds. The van der Waals surface area contributed by atoms with E-state index in [4.69, 9.17) is 51.1 Å². The number of carbonyl (C=O) groups excluding carboxylic acids is 1. The third-order valence-corrected chi connectivity index (χ3v) is 6.27. The molecule has 0 atom stereocenters. The quantitative estimate of drug-likeness (QED) is 0.192. The van der Waals surface area contributed by atoms with E-state index in [2.05, 4.69) is 22.1 Å². The molecule has 0 aliphatic heterocycles. The van der Waals surface area contributed by atoms with Gasteiger partial charge in [0.1, 0.15) is 18.2 Å². The van der Waals surface area contributed by atoms with Crippen LogP contribution in [0.2, 0.25) is 20.1 Å². The van der Waals surface area contributed by atoms with Crippen molar-refractivity contribution in [2.45, 2.75) is 18.3 Å². The normalized spacial score (nSPS) is 10.8. The van der Waals surface area contributed by atoms with Crippen LogP contribution in [0.25, 0.3) is 0 Å². The fourth-order valence-electron chi connectivity index (χ4n) is 2.49. The highest BCUT2D eigenvalue weighted by Gasteiger charge is 2.16. The number of allylic oxidation sites excluding steroid dienone is 1. The molecule has 0 saturated heterocycles. The van der Waals surface area contributed by atoms with Crippen molar-refractivity contribution in [2.75, 3.05) is 11.1 Å². The van der Waals surface area contributed by atoms with Crippen molar-refractivity contribution >= 4 is 69.8 Å². The minimum Gasteiger partial charge on any atom is -0.486 e. The Hall–Kier alpha value is -1.97. The van der Waals surface area contributed by atoms with Gasteiger partial charge in [-0.2, -0.15) is 0 Å². The predicted molar refractivity (Wildman–Crippen MR) is 127 cm³/mol. The summed E-state index contributed by atoms with van der Waals surface area (Å²) in [5.74, 6) is 0.0767. The van der Waals surface area contributed by atoms with Gasteiger partial charge < -0.3 is 10.1 Å². The molecule has 0 radical (unpaired) electrons. The van der Waals surface area contributed by atoms with Crippen molar-refractivity contribution in [2.24, 2.45) is 0 Å². The second-order valence-electron chi connectivity index (χ2n) is 6.25. The van der Waals surface area contributed by atoms with E-state index in [1.54, 1.807) is 10.6 Å². The van der Waals surface area contributed by atoms with E-state index < -0.39 is 5.82 Å². The zero-order chi connectivity index (χ0) is 23.3. The SMILES string of the molecule is C=CCn1c(COc2ccc(F)c(Cl)c2)nnc1SCC(=O)Nc1cc(Cl)c(Cl)cc1Cl. The third-order valence-electron chi connectivity index (χ3n) is 3.98. The lowest BCUT2D eigenvalue weighted by Crippen LogP contribution is -2.15. The standard InChI is InChI=1S/C20H15Cl4FN4O2S/c1-2-5-29-18(9-31-11-3-4-16(25)14(23)6-11)27-28-20(29)32-10-19(30)26-17-8-13(22)12(21)7-15(17)24/h2-4,6-8H,1,5,9-10H2,(H,26,30). The van der Waals surface area contributed by atoms with Gasteiger partial charge in [-0.1, -0.05) is 64.2 Å². The number of halogens is 5. The van der Waals surface area contributed by atoms with Gasteiger partial charge in [0.25, 0.3) is 0 Å². The first-order valence-corrected chi connectivity index (χ1v) is 11.5. The number of aromatic nitrogens is 3. The zero-order valence-corrected chi connectivity index (χ0v) is 20.1. The molecular formula is C20H15Cl4FN4O2S. The van der Waals surface area contributed by atoms with E-state index in [0.717, 1.165) is 0 Å². The van der Waals surface area contributed by atoms with Crippen LogP contribution in [0.1, 0.15) is 5.82 Å². The first kappa shape index (κ1) is 24.7. The number of carbonyl (C=O) groups is 1. The van der Waals surface area contributed by atoms with Crippen LogP contribution < -0.4 is 10.1 Å². The number of thioether (sulfide) groups is 1. The van der Waals surface area contributed by atoms with Crippen LogP contribution >= 0.6 is 58.2 Å². The van der Waals surface area contributed by atoms with Crippen LogP contribution in [-0.2, 0) is 17.9 Å². The molecule has 2 aromatic carbocycles. The Morgan fingerprint density at radius 1 is 1.12 bits per heavy atom. The van der Waals surface area contributed by atoms with Gasteiger partial charge in [0.2, 0.25) is 5.91 Å². The van der Waals surface area contributed by atoms with Gasteiger partial charge in [0, 0.05) is 12.6 Å². The van der Waals surface area contributed by atoms with Crippen LogP contribution in [0.3, 0.4) is 0 Å². The van der Waals surface area contributed by atoms with Gasteiger partial charge in [-0.05, 0) is 24.3 Å². The molecule has 1 N–H and O–H groups in total. The number of nitrogens with zero attached hydrogens (tertiary/aromatic N) is 3. The first-order chi connectivity index (χ1) is 15.3. The number of benzene rings is 2. The molecule has 6 nitrogen and oxygen atoms in total. The average Bonchev–Trinajstić information content (AvgIpc) is 3.13. The molecule has 0 fully saturated rings. The van der Waals surface area contributed by atoms with Crippen molar-refractivity contribution in [1.29, 1.82) is 0 Å². The monoisotopic (exact) mass is 534 g/mol. The molecule has 0 bridgehead atoms. The van der Waals surface area contributed by atoms with Crippen molar-refractivity contribution in [3.05, 3.63) is 74.7 Å². The van der Waals surface area contributed by atoms with Gasteiger partial charge >= 0.3 is 0 Å². The molecule has 32 heavy (non-hydrogen) atoms. The van der Waals surface area contributed by atoms with Gasteiger partial charge in [0.05, 0.1) is 31.5 Å². The lowest BCUT2D eigenvalue weighted by molar-refractivity contribution is -0.113. The lowest BCUT2D eigenvalue weighted by Gasteiger charge is -2.10. The topological polar surface area (TPSA) is 69.0 Å². The summed E-state index contributed by atoms with van der Waals surface area (Å²) in [5.41, 5.74) is 0.353. The van der Waals surface area contributed by atoms with E-state index in [9.17, 15) is 9.18 Å². The number of anilines is 1. The molecule has 168 valence electrons. The van der Waals surface area contributed by atoms with Gasteiger partial charge in [0.15, 0.2) is 11.0 Å². The Morgan fingerprint density at radius 3 is 2.59 bits per heavy atom. The molecule has 0 spiro atoms. The van der Waals surface area contributed by atoms with Crippen LogP contribution in [0.4, 0.5) is 10.1 Å². The van der Waals surface area contributed by atoms with Crippen molar-refractivity contribution in [3.63, 3.8) is 0 Å². The van der Waals surface area contributed by atoms with Crippen LogP contribution in [0, 0.1) is 5.82 Å². The van der Waals surface area contributed by atoms with E-state index in [-0.39, 0.29) is 33.3 Å².